The molecule has 4 rings (SSSR count). The molecule has 1 fully saturated rings. The summed E-state index contributed by atoms with van der Waals surface area (Å²) in [6, 6.07) is 10.3. The van der Waals surface area contributed by atoms with Crippen LogP contribution in [0.25, 0.3) is 0 Å². The number of para-hydroxylation sites is 1. The molecule has 9 nitrogen and oxygen atoms in total. The highest BCUT2D eigenvalue weighted by Gasteiger charge is 2.17. The lowest BCUT2D eigenvalue weighted by atomic mass is 10.0. The minimum absolute atomic E-state index is 0.373. The average Bonchev–Trinajstić information content (AvgIpc) is 2.88. The average molecular weight is 469 g/mol. The molecule has 1 saturated heterocycles. The smallest absolute Gasteiger partial charge is 0.320 e. The van der Waals surface area contributed by atoms with Crippen LogP contribution in [0, 0.1) is 0 Å². The number of fused-ring (bicyclic) bond motifs is 1. The Balaban J connectivity index is 1.51. The fourth-order valence-corrected chi connectivity index (χ4v) is 4.13. The summed E-state index contributed by atoms with van der Waals surface area (Å²) >= 11 is 0. The number of nitrogens with one attached hydrogen (secondary N) is 1. The van der Waals surface area contributed by atoms with E-state index in [0.29, 0.717) is 25.0 Å². The number of anilines is 2. The highest BCUT2D eigenvalue weighted by Crippen LogP contribution is 2.25. The van der Waals surface area contributed by atoms with Crippen molar-refractivity contribution in [1.82, 2.24) is 14.9 Å². The molecule has 0 saturated carbocycles. The largest absolute Gasteiger partial charge is 0.492 e. The van der Waals surface area contributed by atoms with Crippen molar-refractivity contribution in [2.75, 3.05) is 69.5 Å². The number of benzene rings is 1. The van der Waals surface area contributed by atoms with E-state index in [1.165, 1.54) is 0 Å². The summed E-state index contributed by atoms with van der Waals surface area (Å²) in [5.41, 5.74) is 5.13. The van der Waals surface area contributed by atoms with Crippen LogP contribution in [-0.4, -0.2) is 79.7 Å². The van der Waals surface area contributed by atoms with Gasteiger partial charge in [-0.05, 0) is 25.0 Å². The maximum absolute atomic E-state index is 6.00. The van der Waals surface area contributed by atoms with Gasteiger partial charge in [-0.15, -0.1) is 0 Å². The van der Waals surface area contributed by atoms with E-state index in [9.17, 15) is 0 Å². The van der Waals surface area contributed by atoms with E-state index in [0.717, 1.165) is 88.0 Å². The lowest BCUT2D eigenvalue weighted by Crippen LogP contribution is -2.38. The molecule has 1 aromatic carbocycles. The Morgan fingerprint density at radius 1 is 1.09 bits per heavy atom. The van der Waals surface area contributed by atoms with Gasteiger partial charge in [0.25, 0.3) is 0 Å². The first-order valence-corrected chi connectivity index (χ1v) is 12.4. The van der Waals surface area contributed by atoms with Crippen molar-refractivity contribution in [3.8, 4) is 11.8 Å². The monoisotopic (exact) mass is 468 g/mol. The van der Waals surface area contributed by atoms with Gasteiger partial charge in [0, 0.05) is 50.8 Å². The molecule has 0 spiro atoms. The number of hydrogen-bond donors (Lipinski definition) is 1. The van der Waals surface area contributed by atoms with Crippen LogP contribution in [0.15, 0.2) is 35.4 Å². The first-order chi connectivity index (χ1) is 16.8. The Hall–Kier alpha value is -2.91. The van der Waals surface area contributed by atoms with E-state index in [1.807, 2.05) is 30.3 Å². The molecular formula is C25H36N6O3. The van der Waals surface area contributed by atoms with Crippen LogP contribution in [0.5, 0.6) is 11.8 Å². The SMILES string of the molecule is CCCN(CCC)c1cc(N/N=C2\CCOc3ccccc32)nc(OCCN2CCOCC2)n1. The first-order valence-electron chi connectivity index (χ1n) is 12.4. The lowest BCUT2D eigenvalue weighted by molar-refractivity contribution is 0.0317. The maximum atomic E-state index is 6.00. The Bertz CT molecular complexity index is 942. The van der Waals surface area contributed by atoms with Crippen LogP contribution in [0.4, 0.5) is 11.6 Å². The van der Waals surface area contributed by atoms with Crippen molar-refractivity contribution in [2.24, 2.45) is 5.10 Å². The first kappa shape index (κ1) is 24.2. The van der Waals surface area contributed by atoms with E-state index in [-0.39, 0.29) is 0 Å². The predicted molar refractivity (Wildman–Crippen MR) is 134 cm³/mol. The number of morpholine rings is 1. The summed E-state index contributed by atoms with van der Waals surface area (Å²) in [6.45, 7) is 11.6. The van der Waals surface area contributed by atoms with Gasteiger partial charge in [-0.2, -0.15) is 15.1 Å². The molecule has 9 heteroatoms. The summed E-state index contributed by atoms with van der Waals surface area (Å²) in [7, 11) is 0. The Labute approximate surface area is 202 Å². The van der Waals surface area contributed by atoms with Gasteiger partial charge in [0.15, 0.2) is 5.82 Å². The van der Waals surface area contributed by atoms with Crippen LogP contribution in [0.1, 0.15) is 38.7 Å². The second-order valence-corrected chi connectivity index (χ2v) is 8.45. The molecule has 0 bridgehead atoms. The topological polar surface area (TPSA) is 84.3 Å². The van der Waals surface area contributed by atoms with Crippen molar-refractivity contribution < 1.29 is 14.2 Å². The standard InChI is InChI=1S/C25H36N6O3/c1-3-10-31(11-4-2)24-19-23(26-25(27-24)34-18-14-30-12-16-32-17-13-30)29-28-21-9-15-33-22-8-6-5-7-20(21)22/h5-8,19H,3-4,9-18H2,1-2H3,(H,26,27,29)/b28-21+. The van der Waals surface area contributed by atoms with E-state index >= 15 is 0 Å². The van der Waals surface area contributed by atoms with Crippen molar-refractivity contribution in [2.45, 2.75) is 33.1 Å². The Morgan fingerprint density at radius 2 is 1.88 bits per heavy atom. The zero-order valence-electron chi connectivity index (χ0n) is 20.3. The molecule has 0 atom stereocenters. The fourth-order valence-electron chi connectivity index (χ4n) is 4.13. The van der Waals surface area contributed by atoms with Gasteiger partial charge >= 0.3 is 6.01 Å². The number of ether oxygens (including phenoxy) is 3. The number of aromatic nitrogens is 2. The molecule has 2 aliphatic rings. The van der Waals surface area contributed by atoms with Gasteiger partial charge in [0.2, 0.25) is 0 Å². The predicted octanol–water partition coefficient (Wildman–Crippen LogP) is 3.41. The Morgan fingerprint density at radius 3 is 2.68 bits per heavy atom. The second kappa shape index (κ2) is 12.5. The molecule has 0 unspecified atom stereocenters. The maximum Gasteiger partial charge on any atom is 0.320 e. The number of rotatable bonds is 11. The minimum atomic E-state index is 0.373. The molecule has 2 aromatic rings. The van der Waals surface area contributed by atoms with Crippen LogP contribution >= 0.6 is 0 Å². The minimum Gasteiger partial charge on any atom is -0.492 e. The van der Waals surface area contributed by atoms with Crippen molar-refractivity contribution in [3.05, 3.63) is 35.9 Å². The van der Waals surface area contributed by atoms with Crippen molar-refractivity contribution in [3.63, 3.8) is 0 Å². The van der Waals surface area contributed by atoms with Gasteiger partial charge < -0.3 is 19.1 Å². The third-order valence-corrected chi connectivity index (χ3v) is 5.85. The van der Waals surface area contributed by atoms with Gasteiger partial charge in [0.1, 0.15) is 18.2 Å². The summed E-state index contributed by atoms with van der Waals surface area (Å²) in [5, 5.41) is 4.68. The van der Waals surface area contributed by atoms with Crippen LogP contribution in [0.2, 0.25) is 0 Å². The molecule has 1 aromatic heterocycles. The van der Waals surface area contributed by atoms with Crippen molar-refractivity contribution in [1.29, 1.82) is 0 Å². The van der Waals surface area contributed by atoms with Crippen LogP contribution < -0.4 is 19.8 Å². The zero-order chi connectivity index (χ0) is 23.6. The normalized spacial score (nSPS) is 17.2. The molecule has 34 heavy (non-hydrogen) atoms. The van der Waals surface area contributed by atoms with Crippen molar-refractivity contribution >= 4 is 17.3 Å². The summed E-state index contributed by atoms with van der Waals surface area (Å²) in [5.74, 6) is 2.34. The second-order valence-electron chi connectivity index (χ2n) is 8.45. The van der Waals surface area contributed by atoms with E-state index in [2.05, 4.69) is 39.2 Å². The lowest BCUT2D eigenvalue weighted by Gasteiger charge is -2.26. The highest BCUT2D eigenvalue weighted by atomic mass is 16.5. The molecule has 0 radical (unpaired) electrons. The quantitative estimate of drug-likeness (QED) is 0.502. The van der Waals surface area contributed by atoms with Gasteiger partial charge in [-0.1, -0.05) is 26.0 Å². The summed E-state index contributed by atoms with van der Waals surface area (Å²) < 4.78 is 17.2. The summed E-state index contributed by atoms with van der Waals surface area (Å²) in [6.07, 6.45) is 2.82. The van der Waals surface area contributed by atoms with Gasteiger partial charge in [0.05, 0.1) is 25.5 Å². The van der Waals surface area contributed by atoms with Crippen LogP contribution in [-0.2, 0) is 4.74 Å². The van der Waals surface area contributed by atoms with E-state index in [1.54, 1.807) is 0 Å². The molecule has 0 aliphatic carbocycles. The van der Waals surface area contributed by atoms with E-state index < -0.39 is 0 Å². The molecule has 184 valence electrons. The third-order valence-electron chi connectivity index (χ3n) is 5.85. The molecule has 3 heterocycles. The molecule has 0 amide bonds. The molecule has 1 N–H and O–H groups in total. The third kappa shape index (κ3) is 6.57. The number of nitrogens with zero attached hydrogens (tertiary/aromatic N) is 5. The van der Waals surface area contributed by atoms with Crippen LogP contribution in [0.3, 0.4) is 0 Å². The summed E-state index contributed by atoms with van der Waals surface area (Å²) in [4.78, 5) is 13.9. The number of hydrazone groups is 1. The van der Waals surface area contributed by atoms with Gasteiger partial charge in [-0.25, -0.2) is 0 Å². The van der Waals surface area contributed by atoms with Gasteiger partial charge in [-0.3, -0.25) is 10.3 Å². The number of hydrogen-bond acceptors (Lipinski definition) is 9. The van der Waals surface area contributed by atoms with E-state index in [4.69, 9.17) is 19.2 Å². The Kier molecular flexibility index (Phi) is 8.92. The molecule has 2 aliphatic heterocycles. The molecular weight excluding hydrogens is 432 g/mol. The fraction of sp³-hybridized carbons (Fsp3) is 0.560. The highest BCUT2D eigenvalue weighted by molar-refractivity contribution is 6.04. The zero-order valence-corrected chi connectivity index (χ0v) is 20.3.